The molecule has 2 rings (SSSR count). The van der Waals surface area contributed by atoms with Crippen molar-refractivity contribution in [2.45, 2.75) is 26.9 Å². The molecule has 20 heavy (non-hydrogen) atoms. The van der Waals surface area contributed by atoms with E-state index in [9.17, 15) is 9.18 Å². The molecule has 0 amide bonds. The first-order valence-corrected chi connectivity index (χ1v) is 6.05. The second kappa shape index (κ2) is 5.32. The Morgan fingerprint density at radius 2 is 2.15 bits per heavy atom. The minimum Gasteiger partial charge on any atom is -0.488 e. The summed E-state index contributed by atoms with van der Waals surface area (Å²) < 4.78 is 24.2. The van der Waals surface area contributed by atoms with Gasteiger partial charge in [-0.25, -0.2) is 14.2 Å². The average molecular weight is 279 g/mol. The van der Waals surface area contributed by atoms with E-state index in [1.54, 1.807) is 19.9 Å². The molecule has 0 saturated carbocycles. The van der Waals surface area contributed by atoms with Crippen LogP contribution in [0.25, 0.3) is 11.3 Å². The van der Waals surface area contributed by atoms with Gasteiger partial charge in [0.2, 0.25) is 5.76 Å². The zero-order valence-electron chi connectivity index (χ0n) is 11.3. The van der Waals surface area contributed by atoms with Crippen molar-refractivity contribution in [1.29, 1.82) is 0 Å². The number of aromatic nitrogens is 1. The number of carboxylic acids is 1. The maximum absolute atomic E-state index is 13.9. The molecule has 6 heteroatoms. The molecule has 0 fully saturated rings. The molecule has 1 heterocycles. The summed E-state index contributed by atoms with van der Waals surface area (Å²) in [6.07, 6.45) is -0.153. The topological polar surface area (TPSA) is 72.6 Å². The Morgan fingerprint density at radius 1 is 1.45 bits per heavy atom. The highest BCUT2D eigenvalue weighted by atomic mass is 19.1. The van der Waals surface area contributed by atoms with Crippen LogP contribution < -0.4 is 4.74 Å². The van der Waals surface area contributed by atoms with Crippen molar-refractivity contribution >= 4 is 5.97 Å². The third-order valence-corrected chi connectivity index (χ3v) is 2.50. The maximum atomic E-state index is 13.9. The first-order valence-electron chi connectivity index (χ1n) is 6.05. The number of oxazole rings is 1. The van der Waals surface area contributed by atoms with Crippen molar-refractivity contribution in [3.8, 4) is 17.0 Å². The van der Waals surface area contributed by atoms with Crippen molar-refractivity contribution in [1.82, 2.24) is 4.98 Å². The number of carboxylic acid groups (broad SMARTS) is 1. The Morgan fingerprint density at radius 3 is 2.70 bits per heavy atom. The van der Waals surface area contributed by atoms with Crippen molar-refractivity contribution in [3.63, 3.8) is 0 Å². The monoisotopic (exact) mass is 279 g/mol. The number of benzene rings is 1. The molecule has 2 aromatic rings. The SMILES string of the molecule is Cc1nc(-c2ccc(OC(C)C)c(F)c2)c(C(=O)O)o1. The van der Waals surface area contributed by atoms with Crippen LogP contribution in [0.2, 0.25) is 0 Å². The predicted molar refractivity (Wildman–Crippen MR) is 69.4 cm³/mol. The van der Waals surface area contributed by atoms with Gasteiger partial charge in [-0.2, -0.15) is 0 Å². The number of rotatable bonds is 4. The Balaban J connectivity index is 2.44. The molecule has 0 aliphatic rings. The van der Waals surface area contributed by atoms with Crippen LogP contribution in [0.1, 0.15) is 30.3 Å². The number of aromatic carboxylic acids is 1. The standard InChI is InChI=1S/C14H14FNO4/c1-7(2)19-11-5-4-9(6-10(11)15)12-13(14(17)18)20-8(3)16-12/h4-7H,1-3H3,(H,17,18). The number of hydrogen-bond acceptors (Lipinski definition) is 4. The highest BCUT2D eigenvalue weighted by molar-refractivity contribution is 5.91. The normalized spacial score (nSPS) is 10.8. The molecule has 0 unspecified atom stereocenters. The van der Waals surface area contributed by atoms with E-state index < -0.39 is 11.8 Å². The number of nitrogens with zero attached hydrogens (tertiary/aromatic N) is 1. The second-order valence-electron chi connectivity index (χ2n) is 4.53. The molecule has 0 spiro atoms. The lowest BCUT2D eigenvalue weighted by molar-refractivity contribution is 0.0662. The van der Waals surface area contributed by atoms with Crippen LogP contribution in [0, 0.1) is 12.7 Å². The molecular formula is C14H14FNO4. The summed E-state index contributed by atoms with van der Waals surface area (Å²) in [4.78, 5) is 15.0. The quantitative estimate of drug-likeness (QED) is 0.929. The Bertz CT molecular complexity index is 649. The fourth-order valence-electron chi connectivity index (χ4n) is 1.77. The van der Waals surface area contributed by atoms with Crippen molar-refractivity contribution in [2.75, 3.05) is 0 Å². The first kappa shape index (κ1) is 14.0. The maximum Gasteiger partial charge on any atom is 0.374 e. The lowest BCUT2D eigenvalue weighted by Crippen LogP contribution is -2.07. The van der Waals surface area contributed by atoms with E-state index in [1.807, 2.05) is 0 Å². The average Bonchev–Trinajstić information content (AvgIpc) is 2.73. The zero-order valence-corrected chi connectivity index (χ0v) is 11.3. The highest BCUT2D eigenvalue weighted by Gasteiger charge is 2.20. The number of hydrogen-bond donors (Lipinski definition) is 1. The summed E-state index contributed by atoms with van der Waals surface area (Å²) in [5.74, 6) is -1.81. The van der Waals surface area contributed by atoms with Gasteiger partial charge >= 0.3 is 5.97 Å². The highest BCUT2D eigenvalue weighted by Crippen LogP contribution is 2.28. The van der Waals surface area contributed by atoms with Gasteiger partial charge in [0.25, 0.3) is 0 Å². The summed E-state index contributed by atoms with van der Waals surface area (Å²) in [6, 6.07) is 4.17. The second-order valence-corrected chi connectivity index (χ2v) is 4.53. The van der Waals surface area contributed by atoms with Crippen LogP contribution in [-0.4, -0.2) is 22.2 Å². The number of carbonyl (C=O) groups is 1. The largest absolute Gasteiger partial charge is 0.488 e. The van der Waals surface area contributed by atoms with E-state index in [4.69, 9.17) is 14.3 Å². The van der Waals surface area contributed by atoms with Crippen molar-refractivity contribution < 1.29 is 23.4 Å². The Labute approximate surface area is 115 Å². The fraction of sp³-hybridized carbons (Fsp3) is 0.286. The van der Waals surface area contributed by atoms with E-state index in [2.05, 4.69) is 4.98 Å². The third kappa shape index (κ3) is 2.79. The van der Waals surface area contributed by atoms with Crippen LogP contribution in [0.3, 0.4) is 0 Å². The minimum absolute atomic E-state index is 0.102. The van der Waals surface area contributed by atoms with E-state index in [-0.39, 0.29) is 29.2 Å². The third-order valence-electron chi connectivity index (χ3n) is 2.50. The number of aryl methyl sites for hydroxylation is 1. The summed E-state index contributed by atoms with van der Waals surface area (Å²) >= 11 is 0. The Hall–Kier alpha value is -2.37. The molecule has 5 nitrogen and oxygen atoms in total. The summed E-state index contributed by atoms with van der Waals surface area (Å²) in [6.45, 7) is 5.11. The van der Waals surface area contributed by atoms with E-state index in [1.165, 1.54) is 19.1 Å². The van der Waals surface area contributed by atoms with Crippen LogP contribution in [0.15, 0.2) is 22.6 Å². The van der Waals surface area contributed by atoms with Gasteiger partial charge in [-0.05, 0) is 32.0 Å². The molecule has 0 aliphatic heterocycles. The molecule has 0 aliphatic carbocycles. The van der Waals surface area contributed by atoms with E-state index in [0.29, 0.717) is 5.56 Å². The lowest BCUT2D eigenvalue weighted by Gasteiger charge is -2.10. The zero-order chi connectivity index (χ0) is 14.9. The summed E-state index contributed by atoms with van der Waals surface area (Å²) in [5.41, 5.74) is 0.429. The fourth-order valence-corrected chi connectivity index (χ4v) is 1.77. The molecule has 0 bridgehead atoms. The molecule has 0 atom stereocenters. The van der Waals surface area contributed by atoms with Gasteiger partial charge < -0.3 is 14.3 Å². The molecule has 1 aromatic carbocycles. The number of ether oxygens (including phenoxy) is 1. The molecule has 106 valence electrons. The van der Waals surface area contributed by atoms with Crippen molar-refractivity contribution in [3.05, 3.63) is 35.7 Å². The summed E-state index contributed by atoms with van der Waals surface area (Å²) in [5, 5.41) is 9.03. The van der Waals surface area contributed by atoms with Gasteiger partial charge in [0.05, 0.1) is 6.10 Å². The van der Waals surface area contributed by atoms with E-state index >= 15 is 0 Å². The Kier molecular flexibility index (Phi) is 3.74. The van der Waals surface area contributed by atoms with Gasteiger partial charge in [0.15, 0.2) is 17.5 Å². The predicted octanol–water partition coefficient (Wildman–Crippen LogP) is 3.27. The minimum atomic E-state index is -1.25. The molecule has 1 N–H and O–H groups in total. The number of halogens is 1. The molecule has 0 radical (unpaired) electrons. The lowest BCUT2D eigenvalue weighted by atomic mass is 10.1. The molecular weight excluding hydrogens is 265 g/mol. The van der Waals surface area contributed by atoms with Gasteiger partial charge in [-0.15, -0.1) is 0 Å². The van der Waals surface area contributed by atoms with E-state index in [0.717, 1.165) is 0 Å². The van der Waals surface area contributed by atoms with Crippen molar-refractivity contribution in [2.24, 2.45) is 0 Å². The molecule has 0 saturated heterocycles. The van der Waals surface area contributed by atoms with Crippen LogP contribution in [-0.2, 0) is 0 Å². The van der Waals surface area contributed by atoms with Crippen LogP contribution in [0.4, 0.5) is 4.39 Å². The summed E-state index contributed by atoms with van der Waals surface area (Å²) in [7, 11) is 0. The molecule has 1 aromatic heterocycles. The van der Waals surface area contributed by atoms with Gasteiger partial charge in [0, 0.05) is 12.5 Å². The van der Waals surface area contributed by atoms with Crippen LogP contribution >= 0.6 is 0 Å². The van der Waals surface area contributed by atoms with Gasteiger partial charge in [-0.1, -0.05) is 0 Å². The van der Waals surface area contributed by atoms with Gasteiger partial charge in [0.1, 0.15) is 5.69 Å². The van der Waals surface area contributed by atoms with Gasteiger partial charge in [-0.3, -0.25) is 0 Å². The van der Waals surface area contributed by atoms with Crippen LogP contribution in [0.5, 0.6) is 5.75 Å². The smallest absolute Gasteiger partial charge is 0.374 e. The first-order chi connectivity index (χ1) is 9.38.